The molecule has 94 valence electrons. The van der Waals surface area contributed by atoms with Crippen LogP contribution in [0.1, 0.15) is 31.0 Å². The summed E-state index contributed by atoms with van der Waals surface area (Å²) >= 11 is 0. The van der Waals surface area contributed by atoms with Gasteiger partial charge in [-0.1, -0.05) is 19.1 Å². The first-order valence-corrected chi connectivity index (χ1v) is 6.64. The Morgan fingerprint density at radius 1 is 1.33 bits per heavy atom. The van der Waals surface area contributed by atoms with Crippen molar-refractivity contribution in [3.63, 3.8) is 0 Å². The number of fused-ring (bicyclic) bond motifs is 2. The van der Waals surface area contributed by atoms with Gasteiger partial charge in [0.15, 0.2) is 0 Å². The first-order valence-electron chi connectivity index (χ1n) is 6.64. The van der Waals surface area contributed by atoms with Crippen molar-refractivity contribution in [1.82, 2.24) is 4.98 Å². The summed E-state index contributed by atoms with van der Waals surface area (Å²) in [5.74, 6) is 0.857. The highest BCUT2D eigenvalue weighted by Gasteiger charge is 2.19. The topological polar surface area (TPSA) is 48.1 Å². The summed E-state index contributed by atoms with van der Waals surface area (Å²) in [6.07, 6.45) is 4.26. The minimum absolute atomic E-state index is 0.720. The second-order valence-corrected chi connectivity index (χ2v) is 4.81. The van der Waals surface area contributed by atoms with Gasteiger partial charge >= 0.3 is 0 Å². The van der Waals surface area contributed by atoms with Crippen molar-refractivity contribution in [1.29, 1.82) is 0 Å². The van der Waals surface area contributed by atoms with Gasteiger partial charge < -0.3 is 10.5 Å². The van der Waals surface area contributed by atoms with Gasteiger partial charge in [-0.25, -0.2) is 4.98 Å². The van der Waals surface area contributed by atoms with Crippen LogP contribution in [0.5, 0.6) is 5.75 Å². The zero-order valence-electron chi connectivity index (χ0n) is 10.7. The lowest BCUT2D eigenvalue weighted by atomic mass is 10.1. The maximum Gasteiger partial charge on any atom is 0.145 e. The predicted molar refractivity (Wildman–Crippen MR) is 74.0 cm³/mol. The Hall–Kier alpha value is -1.77. The molecule has 18 heavy (non-hydrogen) atoms. The minimum Gasteiger partial charge on any atom is -0.491 e. The summed E-state index contributed by atoms with van der Waals surface area (Å²) < 4.78 is 5.77. The van der Waals surface area contributed by atoms with Crippen LogP contribution in [0, 0.1) is 0 Å². The van der Waals surface area contributed by atoms with Crippen molar-refractivity contribution in [2.45, 2.75) is 32.6 Å². The van der Waals surface area contributed by atoms with Crippen LogP contribution in [0.25, 0.3) is 10.9 Å². The van der Waals surface area contributed by atoms with Crippen LogP contribution in [0.2, 0.25) is 0 Å². The number of para-hydroxylation sites is 1. The number of pyridine rings is 1. The highest BCUT2D eigenvalue weighted by molar-refractivity contribution is 5.95. The Morgan fingerprint density at radius 3 is 3.06 bits per heavy atom. The number of hydrogen-bond acceptors (Lipinski definition) is 3. The molecule has 0 unspecified atom stereocenters. The third kappa shape index (κ3) is 1.70. The van der Waals surface area contributed by atoms with Crippen LogP contribution in [0.3, 0.4) is 0 Å². The number of aryl methyl sites for hydroxylation is 1. The van der Waals surface area contributed by atoms with Gasteiger partial charge in [0.1, 0.15) is 11.3 Å². The van der Waals surface area contributed by atoms with E-state index in [2.05, 4.69) is 6.92 Å². The predicted octanol–water partition coefficient (Wildman–Crippen LogP) is 3.09. The molecule has 0 saturated carbocycles. The van der Waals surface area contributed by atoms with Gasteiger partial charge in [-0.05, 0) is 37.3 Å². The van der Waals surface area contributed by atoms with Crippen LogP contribution in [-0.2, 0) is 12.8 Å². The van der Waals surface area contributed by atoms with Crippen molar-refractivity contribution in [3.8, 4) is 5.75 Å². The lowest BCUT2D eigenvalue weighted by Gasteiger charge is -2.12. The Balaban J connectivity index is 2.19. The van der Waals surface area contributed by atoms with Crippen LogP contribution in [0.15, 0.2) is 18.2 Å². The molecule has 3 nitrogen and oxygen atoms in total. The standard InChI is InChI=1S/C15H18N2O/c1-2-9-18-13-8-4-6-11-14(16)10-5-3-7-12(10)17-15(11)13/h4,6,8H,2-3,5,7,9H2,1H3,(H2,16,17). The normalized spacial score (nSPS) is 13.8. The molecular formula is C15H18N2O. The summed E-state index contributed by atoms with van der Waals surface area (Å²) in [6.45, 7) is 2.82. The number of benzene rings is 1. The fourth-order valence-electron chi connectivity index (χ4n) is 2.62. The lowest BCUT2D eigenvalue weighted by molar-refractivity contribution is 0.320. The number of nitrogen functional groups attached to an aromatic ring is 1. The van der Waals surface area contributed by atoms with Crippen molar-refractivity contribution in [2.75, 3.05) is 12.3 Å². The van der Waals surface area contributed by atoms with E-state index in [0.717, 1.165) is 60.3 Å². The molecule has 0 spiro atoms. The third-order valence-electron chi connectivity index (χ3n) is 3.51. The number of nitrogens with zero attached hydrogens (tertiary/aromatic N) is 1. The Morgan fingerprint density at radius 2 is 2.22 bits per heavy atom. The van der Waals surface area contributed by atoms with Crippen LogP contribution in [0.4, 0.5) is 5.69 Å². The van der Waals surface area contributed by atoms with Crippen LogP contribution in [-0.4, -0.2) is 11.6 Å². The molecule has 3 heteroatoms. The first kappa shape index (κ1) is 11.3. The average Bonchev–Trinajstić information content (AvgIpc) is 2.85. The maximum atomic E-state index is 6.27. The molecule has 1 aliphatic carbocycles. The molecule has 0 saturated heterocycles. The van der Waals surface area contributed by atoms with Gasteiger partial charge in [-0.3, -0.25) is 0 Å². The lowest BCUT2D eigenvalue weighted by Crippen LogP contribution is -2.01. The smallest absolute Gasteiger partial charge is 0.145 e. The summed E-state index contributed by atoms with van der Waals surface area (Å²) in [6, 6.07) is 6.01. The number of nitrogens with two attached hydrogens (primary N) is 1. The van der Waals surface area contributed by atoms with Gasteiger partial charge in [-0.2, -0.15) is 0 Å². The van der Waals surface area contributed by atoms with Gasteiger partial charge in [-0.15, -0.1) is 0 Å². The zero-order chi connectivity index (χ0) is 12.5. The van der Waals surface area contributed by atoms with E-state index in [9.17, 15) is 0 Å². The molecule has 1 aromatic heterocycles. The Kier molecular flexibility index (Phi) is 2.82. The minimum atomic E-state index is 0.720. The molecule has 2 aromatic rings. The fourth-order valence-corrected chi connectivity index (χ4v) is 2.62. The summed E-state index contributed by atoms with van der Waals surface area (Å²) in [5.41, 5.74) is 10.5. The van der Waals surface area contributed by atoms with Gasteiger partial charge in [0.2, 0.25) is 0 Å². The van der Waals surface area contributed by atoms with Gasteiger partial charge in [0.25, 0.3) is 0 Å². The molecule has 0 radical (unpaired) electrons. The molecule has 0 bridgehead atoms. The molecule has 2 N–H and O–H groups in total. The summed E-state index contributed by atoms with van der Waals surface area (Å²) in [7, 11) is 0. The van der Waals surface area contributed by atoms with E-state index in [-0.39, 0.29) is 0 Å². The van der Waals surface area contributed by atoms with Gasteiger partial charge in [0, 0.05) is 16.8 Å². The molecule has 1 aliphatic rings. The van der Waals surface area contributed by atoms with Crippen LogP contribution >= 0.6 is 0 Å². The Labute approximate surface area is 107 Å². The second-order valence-electron chi connectivity index (χ2n) is 4.81. The average molecular weight is 242 g/mol. The number of hydrogen-bond donors (Lipinski definition) is 1. The maximum absolute atomic E-state index is 6.27. The van der Waals surface area contributed by atoms with E-state index in [0.29, 0.717) is 0 Å². The molecule has 1 heterocycles. The second kappa shape index (κ2) is 4.48. The SMILES string of the molecule is CCCOc1cccc2c(N)c3c(nc12)CCC3. The van der Waals surface area contributed by atoms with E-state index in [1.54, 1.807) is 0 Å². The molecule has 0 aliphatic heterocycles. The first-order chi connectivity index (χ1) is 8.81. The van der Waals surface area contributed by atoms with E-state index in [1.165, 1.54) is 5.56 Å². The molecule has 1 aromatic carbocycles. The zero-order valence-corrected chi connectivity index (χ0v) is 10.7. The number of ether oxygens (including phenoxy) is 1. The molecule has 0 atom stereocenters. The highest BCUT2D eigenvalue weighted by atomic mass is 16.5. The molecule has 3 rings (SSSR count). The Bertz CT molecular complexity index is 593. The third-order valence-corrected chi connectivity index (χ3v) is 3.51. The molecular weight excluding hydrogens is 224 g/mol. The largest absolute Gasteiger partial charge is 0.491 e. The van der Waals surface area contributed by atoms with E-state index < -0.39 is 0 Å². The van der Waals surface area contributed by atoms with E-state index in [4.69, 9.17) is 15.5 Å². The van der Waals surface area contributed by atoms with Crippen molar-refractivity contribution in [2.24, 2.45) is 0 Å². The summed E-state index contributed by atoms with van der Waals surface area (Å²) in [5, 5.41) is 1.03. The van der Waals surface area contributed by atoms with Gasteiger partial charge in [0.05, 0.1) is 6.61 Å². The fraction of sp³-hybridized carbons (Fsp3) is 0.400. The van der Waals surface area contributed by atoms with E-state index in [1.807, 2.05) is 18.2 Å². The monoisotopic (exact) mass is 242 g/mol. The number of anilines is 1. The summed E-state index contributed by atoms with van der Waals surface area (Å²) in [4.78, 5) is 4.76. The highest BCUT2D eigenvalue weighted by Crippen LogP contribution is 2.35. The quantitative estimate of drug-likeness (QED) is 0.899. The van der Waals surface area contributed by atoms with E-state index >= 15 is 0 Å². The molecule has 0 amide bonds. The molecule has 0 fully saturated rings. The number of aromatic nitrogens is 1. The van der Waals surface area contributed by atoms with Crippen molar-refractivity contribution in [3.05, 3.63) is 29.5 Å². The van der Waals surface area contributed by atoms with Crippen LogP contribution < -0.4 is 10.5 Å². The number of rotatable bonds is 3. The van der Waals surface area contributed by atoms with Crippen molar-refractivity contribution >= 4 is 16.6 Å². The van der Waals surface area contributed by atoms with Crippen molar-refractivity contribution < 1.29 is 4.74 Å².